The minimum Gasteiger partial charge on any atom is -0.396 e. The van der Waals surface area contributed by atoms with Gasteiger partial charge in [-0.15, -0.1) is 0 Å². The fourth-order valence-electron chi connectivity index (χ4n) is 2.50. The lowest BCUT2D eigenvalue weighted by Gasteiger charge is -2.35. The van der Waals surface area contributed by atoms with Crippen LogP contribution in [0.25, 0.3) is 0 Å². The zero-order valence-electron chi connectivity index (χ0n) is 11.9. The normalized spacial score (nSPS) is 21.4. The van der Waals surface area contributed by atoms with Gasteiger partial charge in [0.2, 0.25) is 0 Å². The fourth-order valence-corrected chi connectivity index (χ4v) is 3.02. The van der Waals surface area contributed by atoms with Gasteiger partial charge in [0.25, 0.3) is 0 Å². The number of anilines is 2. The lowest BCUT2D eigenvalue weighted by Crippen LogP contribution is -2.50. The fraction of sp³-hybridized carbons (Fsp3) is 0.357. The van der Waals surface area contributed by atoms with Gasteiger partial charge in [0.1, 0.15) is 10.4 Å². The molecule has 2 heterocycles. The molecule has 0 bridgehead atoms. The molecule has 3 rings (SSSR count). The number of alkyl halides is 3. The summed E-state index contributed by atoms with van der Waals surface area (Å²) in [7, 11) is 0. The van der Waals surface area contributed by atoms with Gasteiger partial charge in [0.05, 0.1) is 16.9 Å². The number of benzene rings is 1. The van der Waals surface area contributed by atoms with Crippen molar-refractivity contribution in [2.45, 2.75) is 18.8 Å². The Morgan fingerprint density at radius 2 is 2.13 bits per heavy atom. The van der Waals surface area contributed by atoms with Crippen molar-refractivity contribution in [3.8, 4) is 0 Å². The highest BCUT2D eigenvalue weighted by Gasteiger charge is 2.38. The second-order valence-corrected chi connectivity index (χ2v) is 5.92. The average Bonchev–Trinajstić information content (AvgIpc) is 2.88. The van der Waals surface area contributed by atoms with Crippen molar-refractivity contribution in [3.63, 3.8) is 0 Å². The largest absolute Gasteiger partial charge is 0.416 e. The molecule has 1 atom stereocenters. The lowest BCUT2D eigenvalue weighted by molar-refractivity contribution is -0.137. The summed E-state index contributed by atoms with van der Waals surface area (Å²) in [4.78, 5) is 6.17. The molecule has 1 unspecified atom stereocenters. The molecule has 0 aliphatic carbocycles. The van der Waals surface area contributed by atoms with Gasteiger partial charge in [-0.3, -0.25) is 4.99 Å². The number of hydrogen-bond donors (Lipinski definition) is 3. The Labute approximate surface area is 139 Å². The Balaban J connectivity index is 2.00. The Hall–Kier alpha value is -1.74. The molecule has 0 saturated carbocycles. The van der Waals surface area contributed by atoms with Crippen LogP contribution in [0, 0.1) is 0 Å². The summed E-state index contributed by atoms with van der Waals surface area (Å²) in [5, 5.41) is 14.9. The molecule has 0 spiro atoms. The van der Waals surface area contributed by atoms with Crippen LogP contribution in [0.1, 0.15) is 12.0 Å². The van der Waals surface area contributed by atoms with Crippen LogP contribution in [-0.4, -0.2) is 30.3 Å². The first-order chi connectivity index (χ1) is 10.9. The van der Waals surface area contributed by atoms with Crippen LogP contribution in [-0.2, 0) is 6.18 Å². The van der Waals surface area contributed by atoms with Gasteiger partial charge in [-0.1, -0.05) is 0 Å². The van der Waals surface area contributed by atoms with Crippen molar-refractivity contribution in [1.29, 1.82) is 0 Å². The van der Waals surface area contributed by atoms with E-state index in [2.05, 4.69) is 31.6 Å². The Morgan fingerprint density at radius 1 is 1.35 bits per heavy atom. The quantitative estimate of drug-likeness (QED) is 0.548. The molecule has 0 fully saturated rings. The van der Waals surface area contributed by atoms with Crippen molar-refractivity contribution in [1.82, 2.24) is 5.32 Å². The van der Waals surface area contributed by atoms with Gasteiger partial charge in [0.15, 0.2) is 6.17 Å². The zero-order chi connectivity index (χ0) is 16.6. The monoisotopic (exact) mass is 390 g/mol. The standard InChI is InChI=1S/C14H14BrF3N4O/c15-11-7-20-13-12(19-4-1-5-23)21-9-6-8(14(16,17)18)2-3-10(9)22(11)13/h2-3,6-7,13,20,23H,1,4-5H2,(H,19,21). The molecule has 0 saturated heterocycles. The van der Waals surface area contributed by atoms with E-state index in [9.17, 15) is 13.2 Å². The second kappa shape index (κ2) is 6.04. The Bertz CT molecular complexity index is 674. The molecular formula is C14H14BrF3N4O. The van der Waals surface area contributed by atoms with E-state index >= 15 is 0 Å². The minimum absolute atomic E-state index is 0.00927. The van der Waals surface area contributed by atoms with Gasteiger partial charge in [-0.25, -0.2) is 0 Å². The summed E-state index contributed by atoms with van der Waals surface area (Å²) in [6.45, 7) is 0.395. The van der Waals surface area contributed by atoms with Crippen LogP contribution in [0.2, 0.25) is 0 Å². The summed E-state index contributed by atoms with van der Waals surface area (Å²) < 4.78 is 39.5. The number of halogens is 4. The van der Waals surface area contributed by atoms with E-state index in [1.165, 1.54) is 6.07 Å². The first-order valence-electron chi connectivity index (χ1n) is 6.96. The SMILES string of the molecule is OCCCN=C1Nc2cc(C(F)(F)F)ccc2N2C(Br)=CNC12. The molecule has 0 aromatic heterocycles. The van der Waals surface area contributed by atoms with Gasteiger partial charge in [-0.2, -0.15) is 13.2 Å². The third kappa shape index (κ3) is 3.02. The van der Waals surface area contributed by atoms with Crippen LogP contribution in [0.15, 0.2) is 34.0 Å². The van der Waals surface area contributed by atoms with E-state index in [1.807, 2.05) is 4.90 Å². The number of fused-ring (bicyclic) bond motifs is 3. The van der Waals surface area contributed by atoms with Crippen LogP contribution < -0.4 is 15.5 Å². The molecule has 1 aromatic rings. The van der Waals surface area contributed by atoms with E-state index in [0.717, 1.165) is 12.1 Å². The predicted octanol–water partition coefficient (Wildman–Crippen LogP) is 2.84. The molecular weight excluding hydrogens is 377 g/mol. The van der Waals surface area contributed by atoms with Gasteiger partial charge < -0.3 is 20.6 Å². The first-order valence-corrected chi connectivity index (χ1v) is 7.75. The third-order valence-corrected chi connectivity index (χ3v) is 4.16. The number of rotatable bonds is 3. The van der Waals surface area contributed by atoms with E-state index in [4.69, 9.17) is 5.11 Å². The highest BCUT2D eigenvalue weighted by atomic mass is 79.9. The van der Waals surface area contributed by atoms with Crippen LogP contribution in [0.4, 0.5) is 24.5 Å². The van der Waals surface area contributed by atoms with Crippen LogP contribution in [0.5, 0.6) is 0 Å². The van der Waals surface area contributed by atoms with Crippen LogP contribution in [0.3, 0.4) is 0 Å². The van der Waals surface area contributed by atoms with E-state index < -0.39 is 11.7 Å². The average molecular weight is 391 g/mol. The predicted molar refractivity (Wildman–Crippen MR) is 85.5 cm³/mol. The molecule has 3 N–H and O–H groups in total. The zero-order valence-corrected chi connectivity index (χ0v) is 13.4. The maximum Gasteiger partial charge on any atom is 0.416 e. The highest BCUT2D eigenvalue weighted by Crippen LogP contribution is 2.41. The molecule has 5 nitrogen and oxygen atoms in total. The number of nitrogens with one attached hydrogen (secondary N) is 2. The van der Waals surface area contributed by atoms with Gasteiger partial charge in [-0.05, 0) is 40.5 Å². The first kappa shape index (κ1) is 16.1. The van der Waals surface area contributed by atoms with Gasteiger partial charge in [0, 0.05) is 19.4 Å². The molecule has 124 valence electrons. The molecule has 23 heavy (non-hydrogen) atoms. The van der Waals surface area contributed by atoms with E-state index in [0.29, 0.717) is 34.8 Å². The highest BCUT2D eigenvalue weighted by molar-refractivity contribution is 9.11. The summed E-state index contributed by atoms with van der Waals surface area (Å²) in [6.07, 6.45) is -2.51. The maximum atomic E-state index is 12.9. The molecule has 0 radical (unpaired) electrons. The summed E-state index contributed by atoms with van der Waals surface area (Å²) in [6, 6.07) is 3.57. The van der Waals surface area contributed by atoms with Crippen molar-refractivity contribution < 1.29 is 18.3 Å². The van der Waals surface area contributed by atoms with Crippen molar-refractivity contribution in [2.75, 3.05) is 23.4 Å². The maximum absolute atomic E-state index is 12.9. The Kier molecular flexibility index (Phi) is 4.24. The Morgan fingerprint density at radius 3 is 2.83 bits per heavy atom. The van der Waals surface area contributed by atoms with Crippen molar-refractivity contribution in [2.24, 2.45) is 4.99 Å². The molecule has 0 amide bonds. The summed E-state index contributed by atoms with van der Waals surface area (Å²) in [5.74, 6) is 0.510. The molecule has 1 aromatic carbocycles. The van der Waals surface area contributed by atoms with E-state index in [1.54, 1.807) is 6.20 Å². The molecule has 2 aliphatic rings. The number of aliphatic imine (C=N–C) groups is 1. The number of amidine groups is 1. The number of nitrogens with zero attached hydrogens (tertiary/aromatic N) is 2. The topological polar surface area (TPSA) is 59.9 Å². The van der Waals surface area contributed by atoms with Gasteiger partial charge >= 0.3 is 6.18 Å². The van der Waals surface area contributed by atoms with Crippen molar-refractivity contribution in [3.05, 3.63) is 34.6 Å². The molecule has 2 aliphatic heterocycles. The number of hydrogen-bond acceptors (Lipinski definition) is 4. The summed E-state index contributed by atoms with van der Waals surface area (Å²) in [5.41, 5.74) is 0.245. The minimum atomic E-state index is -4.40. The smallest absolute Gasteiger partial charge is 0.396 e. The molecule has 9 heteroatoms. The van der Waals surface area contributed by atoms with E-state index in [-0.39, 0.29) is 12.8 Å². The second-order valence-electron chi connectivity index (χ2n) is 5.11. The third-order valence-electron chi connectivity index (χ3n) is 3.55. The number of aliphatic hydroxyl groups excluding tert-OH is 1. The van der Waals surface area contributed by atoms with Crippen LogP contribution >= 0.6 is 15.9 Å². The number of aliphatic hydroxyl groups is 1. The van der Waals surface area contributed by atoms with Crippen molar-refractivity contribution >= 4 is 33.1 Å². The lowest BCUT2D eigenvalue weighted by atomic mass is 10.1. The summed E-state index contributed by atoms with van der Waals surface area (Å²) >= 11 is 3.40.